The zero-order valence-electron chi connectivity index (χ0n) is 13.0. The average molecular weight is 322 g/mol. The summed E-state index contributed by atoms with van der Waals surface area (Å²) in [6.45, 7) is 4.60. The molecule has 0 aromatic carbocycles. The molecular weight excluding hydrogens is 302 g/mol. The summed E-state index contributed by atoms with van der Waals surface area (Å²) in [4.78, 5) is 18.8. The molecule has 3 heterocycles. The average Bonchev–Trinajstić information content (AvgIpc) is 3.20. The summed E-state index contributed by atoms with van der Waals surface area (Å²) in [7, 11) is 1.83. The van der Waals surface area contributed by atoms with Crippen LogP contribution in [-0.4, -0.2) is 36.7 Å². The number of carbonyl (C=O) groups is 1. The molecule has 1 aliphatic rings. The van der Waals surface area contributed by atoms with Gasteiger partial charge in [0.25, 0.3) is 0 Å². The maximum absolute atomic E-state index is 12.9. The molecule has 0 aliphatic carbocycles. The number of hydrogen-bond acceptors (Lipinski definition) is 3. The SMILES string of the molecule is Cc1nn(C)c(Cl)c1C1CCCN1C(=O)C(C)n1ccnc1. The first-order valence-electron chi connectivity index (χ1n) is 7.47. The van der Waals surface area contributed by atoms with Gasteiger partial charge in [-0.15, -0.1) is 0 Å². The number of rotatable bonds is 3. The molecule has 2 aromatic heterocycles. The standard InChI is InChI=1S/C15H20ClN5O/c1-10-13(14(16)19(3)18-10)12-5-4-7-21(12)15(22)11(2)20-8-6-17-9-20/h6,8-9,11-12H,4-5,7H2,1-3H3. The van der Waals surface area contributed by atoms with Gasteiger partial charge in [-0.2, -0.15) is 5.10 Å². The number of amides is 1. The van der Waals surface area contributed by atoms with E-state index in [-0.39, 0.29) is 18.0 Å². The highest BCUT2D eigenvalue weighted by atomic mass is 35.5. The van der Waals surface area contributed by atoms with Gasteiger partial charge in [0.2, 0.25) is 5.91 Å². The molecule has 22 heavy (non-hydrogen) atoms. The highest BCUT2D eigenvalue weighted by molar-refractivity contribution is 6.30. The van der Waals surface area contributed by atoms with Crippen molar-refractivity contribution in [3.8, 4) is 0 Å². The van der Waals surface area contributed by atoms with E-state index in [2.05, 4.69) is 10.1 Å². The lowest BCUT2D eigenvalue weighted by atomic mass is 10.1. The molecule has 7 heteroatoms. The van der Waals surface area contributed by atoms with E-state index in [1.54, 1.807) is 17.2 Å². The fourth-order valence-electron chi connectivity index (χ4n) is 3.22. The van der Waals surface area contributed by atoms with Crippen LogP contribution in [0.5, 0.6) is 0 Å². The molecule has 1 amide bonds. The maximum Gasteiger partial charge on any atom is 0.245 e. The minimum atomic E-state index is -0.265. The van der Waals surface area contributed by atoms with Gasteiger partial charge in [0.05, 0.1) is 18.1 Å². The van der Waals surface area contributed by atoms with Crippen LogP contribution in [0.1, 0.15) is 43.1 Å². The third-order valence-electron chi connectivity index (χ3n) is 4.39. The van der Waals surface area contributed by atoms with Crippen LogP contribution in [-0.2, 0) is 11.8 Å². The summed E-state index contributed by atoms with van der Waals surface area (Å²) >= 11 is 6.39. The lowest BCUT2D eigenvalue weighted by Gasteiger charge is -2.28. The molecule has 0 radical (unpaired) electrons. The normalized spacial score (nSPS) is 19.6. The zero-order valence-corrected chi connectivity index (χ0v) is 13.8. The van der Waals surface area contributed by atoms with Gasteiger partial charge in [-0.3, -0.25) is 9.48 Å². The molecule has 2 atom stereocenters. The molecule has 1 aliphatic heterocycles. The van der Waals surface area contributed by atoms with E-state index in [1.807, 2.05) is 36.6 Å². The Balaban J connectivity index is 1.88. The highest BCUT2D eigenvalue weighted by Gasteiger charge is 2.36. The van der Waals surface area contributed by atoms with E-state index in [9.17, 15) is 4.79 Å². The van der Waals surface area contributed by atoms with Gasteiger partial charge < -0.3 is 9.47 Å². The molecular formula is C15H20ClN5O. The molecule has 0 spiro atoms. The Morgan fingerprint density at radius 1 is 1.50 bits per heavy atom. The number of halogens is 1. The van der Waals surface area contributed by atoms with Crippen molar-refractivity contribution in [1.82, 2.24) is 24.2 Å². The largest absolute Gasteiger partial charge is 0.334 e. The second-order valence-electron chi connectivity index (χ2n) is 5.79. The van der Waals surface area contributed by atoms with Crippen molar-refractivity contribution in [2.45, 2.75) is 38.8 Å². The second-order valence-corrected chi connectivity index (χ2v) is 6.15. The Morgan fingerprint density at radius 3 is 2.86 bits per heavy atom. The lowest BCUT2D eigenvalue weighted by Crippen LogP contribution is -2.35. The molecule has 0 N–H and O–H groups in total. The van der Waals surface area contributed by atoms with E-state index < -0.39 is 0 Å². The second kappa shape index (κ2) is 5.76. The van der Waals surface area contributed by atoms with Crippen molar-refractivity contribution in [2.75, 3.05) is 6.54 Å². The maximum atomic E-state index is 12.9. The Kier molecular flexibility index (Phi) is 3.95. The Bertz CT molecular complexity index is 678. The Labute approximate surface area is 134 Å². The number of imidazole rings is 1. The van der Waals surface area contributed by atoms with Crippen molar-refractivity contribution in [3.63, 3.8) is 0 Å². The van der Waals surface area contributed by atoms with E-state index in [0.29, 0.717) is 5.15 Å². The Morgan fingerprint density at radius 2 is 2.27 bits per heavy atom. The van der Waals surface area contributed by atoms with Crippen molar-refractivity contribution >= 4 is 17.5 Å². The van der Waals surface area contributed by atoms with Gasteiger partial charge >= 0.3 is 0 Å². The molecule has 1 fully saturated rings. The van der Waals surface area contributed by atoms with Gasteiger partial charge in [-0.25, -0.2) is 4.98 Å². The smallest absolute Gasteiger partial charge is 0.245 e. The van der Waals surface area contributed by atoms with E-state index in [4.69, 9.17) is 11.6 Å². The van der Waals surface area contributed by atoms with Gasteiger partial charge in [0.1, 0.15) is 11.2 Å². The molecule has 2 unspecified atom stereocenters. The minimum Gasteiger partial charge on any atom is -0.334 e. The summed E-state index contributed by atoms with van der Waals surface area (Å²) < 4.78 is 3.50. The first kappa shape index (κ1) is 15.1. The summed E-state index contributed by atoms with van der Waals surface area (Å²) in [5, 5.41) is 5.00. The van der Waals surface area contributed by atoms with Gasteiger partial charge in [0, 0.05) is 31.5 Å². The zero-order chi connectivity index (χ0) is 15.9. The molecule has 3 rings (SSSR count). The summed E-state index contributed by atoms with van der Waals surface area (Å²) in [6.07, 6.45) is 7.09. The van der Waals surface area contributed by atoms with Crippen LogP contribution in [0.15, 0.2) is 18.7 Å². The van der Waals surface area contributed by atoms with Gasteiger partial charge in [-0.1, -0.05) is 11.6 Å². The highest BCUT2D eigenvalue weighted by Crippen LogP contribution is 2.38. The van der Waals surface area contributed by atoms with Crippen LogP contribution >= 0.6 is 11.6 Å². The summed E-state index contributed by atoms with van der Waals surface area (Å²) in [5.41, 5.74) is 1.88. The van der Waals surface area contributed by atoms with Crippen LogP contribution < -0.4 is 0 Å². The molecule has 1 saturated heterocycles. The van der Waals surface area contributed by atoms with Gasteiger partial charge in [0.15, 0.2) is 0 Å². The van der Waals surface area contributed by atoms with Crippen LogP contribution in [0.4, 0.5) is 0 Å². The first-order valence-corrected chi connectivity index (χ1v) is 7.85. The predicted octanol–water partition coefficient (Wildman–Crippen LogP) is 2.50. The number of hydrogen-bond donors (Lipinski definition) is 0. The third kappa shape index (κ3) is 2.41. The quantitative estimate of drug-likeness (QED) is 0.872. The van der Waals surface area contributed by atoms with Gasteiger partial charge in [-0.05, 0) is 26.7 Å². The van der Waals surface area contributed by atoms with E-state index >= 15 is 0 Å². The molecule has 2 aromatic rings. The summed E-state index contributed by atoms with van der Waals surface area (Å²) in [6, 6.07) is -0.251. The predicted molar refractivity (Wildman–Crippen MR) is 83.6 cm³/mol. The van der Waals surface area contributed by atoms with E-state index in [1.165, 1.54) is 0 Å². The third-order valence-corrected chi connectivity index (χ3v) is 4.84. The van der Waals surface area contributed by atoms with Crippen LogP contribution in [0.3, 0.4) is 0 Å². The Hall–Kier alpha value is -1.82. The topological polar surface area (TPSA) is 56.0 Å². The van der Waals surface area contributed by atoms with Crippen molar-refractivity contribution in [1.29, 1.82) is 0 Å². The van der Waals surface area contributed by atoms with Crippen LogP contribution in [0.2, 0.25) is 5.15 Å². The van der Waals surface area contributed by atoms with Crippen LogP contribution in [0.25, 0.3) is 0 Å². The number of nitrogens with zero attached hydrogens (tertiary/aromatic N) is 5. The van der Waals surface area contributed by atoms with Crippen molar-refractivity contribution in [2.24, 2.45) is 7.05 Å². The molecule has 118 valence electrons. The lowest BCUT2D eigenvalue weighted by molar-refractivity contribution is -0.135. The molecule has 6 nitrogen and oxygen atoms in total. The molecule has 0 saturated carbocycles. The van der Waals surface area contributed by atoms with Crippen molar-refractivity contribution in [3.05, 3.63) is 35.1 Å². The van der Waals surface area contributed by atoms with E-state index in [0.717, 1.165) is 30.6 Å². The van der Waals surface area contributed by atoms with Crippen molar-refractivity contribution < 1.29 is 4.79 Å². The monoisotopic (exact) mass is 321 g/mol. The number of carbonyl (C=O) groups excluding carboxylic acids is 1. The number of aromatic nitrogens is 4. The molecule has 0 bridgehead atoms. The fraction of sp³-hybridized carbons (Fsp3) is 0.533. The fourth-order valence-corrected chi connectivity index (χ4v) is 3.52. The first-order chi connectivity index (χ1) is 10.5. The number of aryl methyl sites for hydroxylation is 2. The summed E-state index contributed by atoms with van der Waals surface area (Å²) in [5.74, 6) is 0.0971. The number of likely N-dealkylation sites (tertiary alicyclic amines) is 1. The van der Waals surface area contributed by atoms with Crippen LogP contribution in [0, 0.1) is 6.92 Å². The minimum absolute atomic E-state index is 0.0136.